The third-order valence-corrected chi connectivity index (χ3v) is 7.19. The van der Waals surface area contributed by atoms with Crippen LogP contribution in [0.4, 0.5) is 15.5 Å². The van der Waals surface area contributed by atoms with Crippen LogP contribution in [-0.4, -0.2) is 30.1 Å². The number of nitriles is 1. The van der Waals surface area contributed by atoms with Crippen molar-refractivity contribution in [2.75, 3.05) is 17.3 Å². The van der Waals surface area contributed by atoms with Gasteiger partial charge in [0.1, 0.15) is 17.2 Å². The molecule has 1 aliphatic rings. The van der Waals surface area contributed by atoms with E-state index in [9.17, 15) is 14.9 Å². The second kappa shape index (κ2) is 10.5. The number of anilines is 2. The van der Waals surface area contributed by atoms with Crippen LogP contribution in [0.25, 0.3) is 0 Å². The lowest BCUT2D eigenvalue weighted by atomic mass is 9.93. The van der Waals surface area contributed by atoms with Crippen molar-refractivity contribution in [3.63, 3.8) is 0 Å². The van der Waals surface area contributed by atoms with Gasteiger partial charge in [0.25, 0.3) is 0 Å². The first-order valence-electron chi connectivity index (χ1n) is 11.2. The number of amides is 2. The van der Waals surface area contributed by atoms with Crippen molar-refractivity contribution >= 4 is 34.0 Å². The molecule has 0 fully saturated rings. The van der Waals surface area contributed by atoms with Gasteiger partial charge in [-0.25, -0.2) is 4.79 Å². The van der Waals surface area contributed by atoms with Crippen LogP contribution in [0.15, 0.2) is 54.9 Å². The summed E-state index contributed by atoms with van der Waals surface area (Å²) in [6.45, 7) is 2.01. The van der Waals surface area contributed by atoms with Crippen molar-refractivity contribution in [2.45, 2.75) is 44.6 Å². The molecule has 1 N–H and O–H groups in total. The standard InChI is InChI=1S/C26H26N4O3S/c1-17(18-7-4-3-5-8-18)13-24(31)29-25-22(15-27)21-11-10-20(14-23(21)34-25)33-26(32)30(2)19-9-6-12-28-16-19/h3-9,12,16-17,20H,10-11,13-14H2,1-2H3,(H,29,31). The van der Waals surface area contributed by atoms with Gasteiger partial charge in [0.15, 0.2) is 0 Å². The van der Waals surface area contributed by atoms with Crippen LogP contribution in [0.1, 0.15) is 47.3 Å². The summed E-state index contributed by atoms with van der Waals surface area (Å²) >= 11 is 1.40. The highest BCUT2D eigenvalue weighted by Crippen LogP contribution is 2.38. The number of carbonyl (C=O) groups excluding carboxylic acids is 2. The average Bonchev–Trinajstić information content (AvgIpc) is 3.20. The Bertz CT molecular complexity index is 1200. The maximum absolute atomic E-state index is 12.7. The molecule has 3 aromatic rings. The van der Waals surface area contributed by atoms with E-state index in [1.807, 2.05) is 37.3 Å². The Morgan fingerprint density at radius 3 is 2.79 bits per heavy atom. The number of nitrogens with one attached hydrogen (secondary N) is 1. The van der Waals surface area contributed by atoms with Crippen molar-refractivity contribution < 1.29 is 14.3 Å². The molecule has 4 rings (SSSR count). The van der Waals surface area contributed by atoms with Crippen LogP contribution in [0.5, 0.6) is 0 Å². The van der Waals surface area contributed by atoms with Gasteiger partial charge in [0, 0.05) is 31.0 Å². The zero-order valence-electron chi connectivity index (χ0n) is 19.2. The molecule has 0 saturated heterocycles. The van der Waals surface area contributed by atoms with E-state index in [0.717, 1.165) is 16.0 Å². The lowest BCUT2D eigenvalue weighted by molar-refractivity contribution is -0.116. The summed E-state index contributed by atoms with van der Waals surface area (Å²) in [5.41, 5.74) is 3.23. The first-order chi connectivity index (χ1) is 16.5. The number of carbonyl (C=O) groups is 2. The molecule has 2 amide bonds. The van der Waals surface area contributed by atoms with E-state index in [4.69, 9.17) is 4.74 Å². The minimum Gasteiger partial charge on any atom is -0.445 e. The topological polar surface area (TPSA) is 95.3 Å². The van der Waals surface area contributed by atoms with Gasteiger partial charge in [-0.1, -0.05) is 37.3 Å². The van der Waals surface area contributed by atoms with Crippen LogP contribution in [0, 0.1) is 11.3 Å². The van der Waals surface area contributed by atoms with Crippen LogP contribution in [-0.2, 0) is 22.4 Å². The fourth-order valence-electron chi connectivity index (χ4n) is 4.10. The van der Waals surface area contributed by atoms with Gasteiger partial charge in [0.2, 0.25) is 5.91 Å². The van der Waals surface area contributed by atoms with E-state index < -0.39 is 6.09 Å². The maximum atomic E-state index is 12.7. The Morgan fingerprint density at radius 2 is 2.09 bits per heavy atom. The molecule has 34 heavy (non-hydrogen) atoms. The van der Waals surface area contributed by atoms with Crippen molar-refractivity contribution in [3.05, 3.63) is 76.4 Å². The normalized spacial score (nSPS) is 15.5. The van der Waals surface area contributed by atoms with Crippen molar-refractivity contribution in [3.8, 4) is 6.07 Å². The minimum absolute atomic E-state index is 0.0712. The molecule has 0 aliphatic heterocycles. The Labute approximate surface area is 203 Å². The second-order valence-electron chi connectivity index (χ2n) is 8.40. The van der Waals surface area contributed by atoms with E-state index in [-0.39, 0.29) is 17.9 Å². The first kappa shape index (κ1) is 23.5. The van der Waals surface area contributed by atoms with Gasteiger partial charge in [-0.15, -0.1) is 11.3 Å². The van der Waals surface area contributed by atoms with Gasteiger partial charge in [-0.3, -0.25) is 14.7 Å². The molecule has 2 aromatic heterocycles. The maximum Gasteiger partial charge on any atom is 0.414 e. The number of thiophene rings is 1. The van der Waals surface area contributed by atoms with Crippen molar-refractivity contribution in [1.82, 2.24) is 4.98 Å². The fraction of sp³-hybridized carbons (Fsp3) is 0.308. The Balaban J connectivity index is 1.40. The zero-order valence-corrected chi connectivity index (χ0v) is 20.0. The lowest BCUT2D eigenvalue weighted by Crippen LogP contribution is -2.33. The molecule has 1 aromatic carbocycles. The number of benzene rings is 1. The smallest absolute Gasteiger partial charge is 0.414 e. The largest absolute Gasteiger partial charge is 0.445 e. The fourth-order valence-corrected chi connectivity index (χ4v) is 5.38. The summed E-state index contributed by atoms with van der Waals surface area (Å²) in [7, 11) is 1.65. The van der Waals surface area contributed by atoms with Crippen LogP contribution >= 0.6 is 11.3 Å². The number of rotatable bonds is 6. The van der Waals surface area contributed by atoms with Crippen molar-refractivity contribution in [1.29, 1.82) is 5.26 Å². The molecule has 2 heterocycles. The summed E-state index contributed by atoms with van der Waals surface area (Å²) in [5, 5.41) is 13.3. The number of aromatic nitrogens is 1. The summed E-state index contributed by atoms with van der Waals surface area (Å²) in [5.74, 6) is -0.0468. The molecule has 8 heteroatoms. The Hall–Kier alpha value is -3.70. The van der Waals surface area contributed by atoms with Gasteiger partial charge >= 0.3 is 6.09 Å². The van der Waals surface area contributed by atoms with Gasteiger partial charge in [-0.05, 0) is 42.0 Å². The number of nitrogens with zero attached hydrogens (tertiary/aromatic N) is 3. The van der Waals surface area contributed by atoms with Crippen molar-refractivity contribution in [2.24, 2.45) is 0 Å². The van der Waals surface area contributed by atoms with Gasteiger partial charge < -0.3 is 10.1 Å². The molecule has 2 unspecified atom stereocenters. The van der Waals surface area contributed by atoms with Crippen LogP contribution < -0.4 is 10.2 Å². The lowest BCUT2D eigenvalue weighted by Gasteiger charge is -2.25. The Kier molecular flexibility index (Phi) is 7.24. The molecular weight excluding hydrogens is 448 g/mol. The molecule has 0 bridgehead atoms. The molecule has 0 spiro atoms. The van der Waals surface area contributed by atoms with Gasteiger partial charge in [-0.2, -0.15) is 5.26 Å². The summed E-state index contributed by atoms with van der Waals surface area (Å²) in [4.78, 5) is 31.7. The quantitative estimate of drug-likeness (QED) is 0.525. The molecule has 0 saturated carbocycles. The third-order valence-electron chi connectivity index (χ3n) is 6.02. The van der Waals surface area contributed by atoms with E-state index >= 15 is 0 Å². The van der Waals surface area contributed by atoms with Crippen LogP contribution in [0.2, 0.25) is 0 Å². The molecule has 1 aliphatic carbocycles. The minimum atomic E-state index is -0.443. The van der Waals surface area contributed by atoms with E-state index in [0.29, 0.717) is 41.9 Å². The van der Waals surface area contributed by atoms with E-state index in [2.05, 4.69) is 16.4 Å². The second-order valence-corrected chi connectivity index (χ2v) is 9.51. The van der Waals surface area contributed by atoms with E-state index in [1.165, 1.54) is 16.2 Å². The first-order valence-corrected chi connectivity index (χ1v) is 12.0. The zero-order chi connectivity index (χ0) is 24.1. The third kappa shape index (κ3) is 5.26. The number of hydrogen-bond donors (Lipinski definition) is 1. The average molecular weight is 475 g/mol. The monoisotopic (exact) mass is 474 g/mol. The van der Waals surface area contributed by atoms with Crippen LogP contribution in [0.3, 0.4) is 0 Å². The highest BCUT2D eigenvalue weighted by atomic mass is 32.1. The highest BCUT2D eigenvalue weighted by molar-refractivity contribution is 7.16. The number of pyridine rings is 1. The number of fused-ring (bicyclic) bond motifs is 1. The molecule has 2 atom stereocenters. The number of ether oxygens (including phenoxy) is 1. The van der Waals surface area contributed by atoms with E-state index in [1.54, 1.807) is 31.6 Å². The predicted octanol–water partition coefficient (Wildman–Crippen LogP) is 5.28. The summed E-state index contributed by atoms with van der Waals surface area (Å²) in [6, 6.07) is 15.7. The summed E-state index contributed by atoms with van der Waals surface area (Å²) in [6.07, 6.45) is 4.63. The predicted molar refractivity (Wildman–Crippen MR) is 132 cm³/mol. The molecule has 0 radical (unpaired) electrons. The SMILES string of the molecule is CC(CC(=O)Nc1sc2c(c1C#N)CCC(OC(=O)N(C)c1cccnc1)C2)c1ccccc1. The van der Waals surface area contributed by atoms with Gasteiger partial charge in [0.05, 0.1) is 17.4 Å². The molecule has 7 nitrogen and oxygen atoms in total. The summed E-state index contributed by atoms with van der Waals surface area (Å²) < 4.78 is 5.73. The molecule has 174 valence electrons. The highest BCUT2D eigenvalue weighted by Gasteiger charge is 2.29. The Morgan fingerprint density at radius 1 is 1.29 bits per heavy atom. The number of hydrogen-bond acceptors (Lipinski definition) is 6. The molecular formula is C26H26N4O3S.